The Bertz CT molecular complexity index is 1700. The highest BCUT2D eigenvalue weighted by Crippen LogP contribution is 2.26. The number of amides is 3. The van der Waals surface area contributed by atoms with Crippen LogP contribution in [0.15, 0.2) is 102 Å². The van der Waals surface area contributed by atoms with E-state index in [4.69, 9.17) is 28.3 Å². The van der Waals surface area contributed by atoms with E-state index in [0.717, 1.165) is 27.5 Å². The van der Waals surface area contributed by atoms with Crippen LogP contribution in [0, 0.1) is 5.41 Å². The van der Waals surface area contributed by atoms with Crippen LogP contribution in [0.5, 0.6) is 0 Å². The SMILES string of the molecule is N=C(N)c1ccc(C[C@H](C(=O)N[C@@H](Cc2ccccc2)C(=O)NC(CCCN=C(N)N)C(N)=O)c2ccc3ccccc3c2)cc1. The van der Waals surface area contributed by atoms with Crippen LogP contribution >= 0.6 is 0 Å². The van der Waals surface area contributed by atoms with Gasteiger partial charge < -0.3 is 33.6 Å². The van der Waals surface area contributed by atoms with Crippen molar-refractivity contribution >= 4 is 40.3 Å². The fraction of sp³-hybridized carbons (Fsp3) is 0.229. The Hall–Kier alpha value is -5.71. The van der Waals surface area contributed by atoms with Gasteiger partial charge in [0.15, 0.2) is 5.96 Å². The largest absolute Gasteiger partial charge is 0.384 e. The second kappa shape index (κ2) is 15.8. The third-order valence-corrected chi connectivity index (χ3v) is 7.72. The van der Waals surface area contributed by atoms with E-state index in [0.29, 0.717) is 18.4 Å². The zero-order valence-corrected chi connectivity index (χ0v) is 25.5. The lowest BCUT2D eigenvalue weighted by molar-refractivity contribution is -0.131. The molecule has 0 heterocycles. The maximum Gasteiger partial charge on any atom is 0.243 e. The van der Waals surface area contributed by atoms with Gasteiger partial charge in [-0.3, -0.25) is 24.8 Å². The summed E-state index contributed by atoms with van der Waals surface area (Å²) in [6, 6.07) is 28.2. The summed E-state index contributed by atoms with van der Waals surface area (Å²) < 4.78 is 0. The van der Waals surface area contributed by atoms with Gasteiger partial charge in [0.1, 0.15) is 17.9 Å². The first kappa shape index (κ1) is 33.2. The summed E-state index contributed by atoms with van der Waals surface area (Å²) in [5.74, 6) is -2.37. The summed E-state index contributed by atoms with van der Waals surface area (Å²) in [4.78, 5) is 44.0. The van der Waals surface area contributed by atoms with Crippen LogP contribution < -0.4 is 33.6 Å². The highest BCUT2D eigenvalue weighted by atomic mass is 16.2. The van der Waals surface area contributed by atoms with Gasteiger partial charge in [0.25, 0.3) is 0 Å². The molecule has 0 aliphatic heterocycles. The molecule has 3 amide bonds. The standard InChI is InChI=1S/C35H40N8O3/c36-31(37)25-14-12-23(13-15-25)19-28(27-17-16-24-9-4-5-10-26(24)21-27)33(45)43-30(20-22-7-2-1-3-8-22)34(46)42-29(32(38)44)11-6-18-41-35(39)40/h1-5,7-10,12-17,21,28-30H,6,11,18-20H2,(H3,36,37)(H2,38,44)(H,42,46)(H,43,45)(H4,39,40,41)/t28-,29?,30-/m0/s1. The summed E-state index contributed by atoms with van der Waals surface area (Å²) >= 11 is 0. The van der Waals surface area contributed by atoms with Crippen LogP contribution in [-0.4, -0.2) is 48.1 Å². The fourth-order valence-electron chi connectivity index (χ4n) is 5.24. The maximum atomic E-state index is 14.2. The van der Waals surface area contributed by atoms with Crippen molar-refractivity contribution in [1.29, 1.82) is 5.41 Å². The van der Waals surface area contributed by atoms with Crippen LogP contribution in [0.4, 0.5) is 0 Å². The molecule has 0 fully saturated rings. The van der Waals surface area contributed by atoms with Gasteiger partial charge in [-0.2, -0.15) is 0 Å². The number of nitrogens with two attached hydrogens (primary N) is 4. The van der Waals surface area contributed by atoms with Gasteiger partial charge in [-0.05, 0) is 46.7 Å². The zero-order valence-electron chi connectivity index (χ0n) is 25.5. The Balaban J connectivity index is 1.62. The lowest BCUT2D eigenvalue weighted by Crippen LogP contribution is -2.54. The molecule has 11 nitrogen and oxygen atoms in total. The average molecular weight is 621 g/mol. The number of fused-ring (bicyclic) bond motifs is 1. The summed E-state index contributed by atoms with van der Waals surface area (Å²) in [5, 5.41) is 15.4. The molecule has 4 aromatic rings. The van der Waals surface area contributed by atoms with E-state index in [1.54, 1.807) is 12.1 Å². The van der Waals surface area contributed by atoms with Crippen molar-refractivity contribution in [3.63, 3.8) is 0 Å². The molecule has 1 unspecified atom stereocenters. The van der Waals surface area contributed by atoms with Crippen molar-refractivity contribution in [3.05, 3.63) is 119 Å². The lowest BCUT2D eigenvalue weighted by Gasteiger charge is -2.25. The van der Waals surface area contributed by atoms with Crippen LogP contribution in [-0.2, 0) is 27.2 Å². The molecular weight excluding hydrogens is 580 g/mol. The predicted molar refractivity (Wildman–Crippen MR) is 181 cm³/mol. The first-order valence-corrected chi connectivity index (χ1v) is 15.0. The van der Waals surface area contributed by atoms with Crippen LogP contribution in [0.3, 0.4) is 0 Å². The molecule has 0 radical (unpaired) electrons. The van der Waals surface area contributed by atoms with E-state index in [2.05, 4.69) is 15.6 Å². The van der Waals surface area contributed by atoms with Gasteiger partial charge in [-0.1, -0.05) is 97.1 Å². The second-order valence-electron chi connectivity index (χ2n) is 11.1. The lowest BCUT2D eigenvalue weighted by atomic mass is 9.89. The quantitative estimate of drug-likeness (QED) is 0.0600. The molecule has 0 aliphatic rings. The first-order chi connectivity index (χ1) is 22.1. The summed E-state index contributed by atoms with van der Waals surface area (Å²) in [6.07, 6.45) is 1.15. The van der Waals surface area contributed by atoms with Gasteiger partial charge in [-0.25, -0.2) is 0 Å². The Morgan fingerprint density at radius 1 is 0.696 bits per heavy atom. The predicted octanol–water partition coefficient (Wildman–Crippen LogP) is 2.20. The number of primary amides is 1. The number of carbonyl (C=O) groups is 3. The molecule has 0 spiro atoms. The van der Waals surface area contributed by atoms with Crippen LogP contribution in [0.1, 0.15) is 41.0 Å². The monoisotopic (exact) mass is 620 g/mol. The average Bonchev–Trinajstić information content (AvgIpc) is 3.04. The molecule has 4 rings (SSSR count). The van der Waals surface area contributed by atoms with E-state index in [1.165, 1.54) is 0 Å². The number of carbonyl (C=O) groups excluding carboxylic acids is 3. The molecule has 11 heteroatoms. The number of guanidine groups is 1. The number of rotatable bonds is 15. The zero-order chi connectivity index (χ0) is 33.1. The molecule has 11 N–H and O–H groups in total. The molecule has 0 saturated carbocycles. The molecule has 0 saturated heterocycles. The molecule has 46 heavy (non-hydrogen) atoms. The van der Waals surface area contributed by atoms with Gasteiger partial charge >= 0.3 is 0 Å². The number of nitrogens with zero attached hydrogens (tertiary/aromatic N) is 1. The van der Waals surface area contributed by atoms with Crippen molar-refractivity contribution in [1.82, 2.24) is 10.6 Å². The Morgan fingerprint density at radius 3 is 1.98 bits per heavy atom. The number of amidine groups is 1. The topological polar surface area (TPSA) is 216 Å². The Labute approximate surface area is 267 Å². The number of aliphatic imine (C=N–C) groups is 1. The number of benzene rings is 4. The van der Waals surface area contributed by atoms with Crippen LogP contribution in [0.2, 0.25) is 0 Å². The van der Waals surface area contributed by atoms with Crippen molar-refractivity contribution in [2.24, 2.45) is 27.9 Å². The van der Waals surface area contributed by atoms with E-state index in [9.17, 15) is 14.4 Å². The van der Waals surface area contributed by atoms with Crippen molar-refractivity contribution < 1.29 is 14.4 Å². The van der Waals surface area contributed by atoms with Gasteiger partial charge in [-0.15, -0.1) is 0 Å². The van der Waals surface area contributed by atoms with E-state index < -0.39 is 29.8 Å². The minimum Gasteiger partial charge on any atom is -0.384 e. The molecule has 238 valence electrons. The maximum absolute atomic E-state index is 14.2. The van der Waals surface area contributed by atoms with E-state index in [1.807, 2.05) is 84.9 Å². The fourth-order valence-corrected chi connectivity index (χ4v) is 5.24. The number of hydrogen-bond donors (Lipinski definition) is 7. The number of hydrogen-bond acceptors (Lipinski definition) is 5. The Kier molecular flexibility index (Phi) is 11.4. The molecule has 4 aromatic carbocycles. The van der Waals surface area contributed by atoms with Gasteiger partial charge in [0.05, 0.1) is 5.92 Å². The number of nitrogen functional groups attached to an aromatic ring is 1. The molecular formula is C35H40N8O3. The molecule has 3 atom stereocenters. The minimum atomic E-state index is -1.00. The molecule has 0 aliphatic carbocycles. The third-order valence-electron chi connectivity index (χ3n) is 7.72. The van der Waals surface area contributed by atoms with Gasteiger partial charge in [0.2, 0.25) is 17.7 Å². The van der Waals surface area contributed by atoms with E-state index >= 15 is 0 Å². The summed E-state index contributed by atoms with van der Waals surface area (Å²) in [5.41, 5.74) is 25.1. The normalized spacial score (nSPS) is 12.8. The highest BCUT2D eigenvalue weighted by Gasteiger charge is 2.29. The first-order valence-electron chi connectivity index (χ1n) is 15.0. The van der Waals surface area contributed by atoms with E-state index in [-0.39, 0.29) is 37.1 Å². The van der Waals surface area contributed by atoms with Crippen molar-refractivity contribution in [2.75, 3.05) is 6.54 Å². The minimum absolute atomic E-state index is 0.0457. The third kappa shape index (κ3) is 9.39. The summed E-state index contributed by atoms with van der Waals surface area (Å²) in [7, 11) is 0. The van der Waals surface area contributed by atoms with Gasteiger partial charge in [0, 0.05) is 18.5 Å². The second-order valence-corrected chi connectivity index (χ2v) is 11.1. The smallest absolute Gasteiger partial charge is 0.243 e. The van der Waals surface area contributed by atoms with Crippen molar-refractivity contribution in [3.8, 4) is 0 Å². The number of nitrogens with one attached hydrogen (secondary N) is 3. The molecule has 0 aromatic heterocycles. The molecule has 0 bridgehead atoms. The Morgan fingerprint density at radius 2 is 1.33 bits per heavy atom. The van der Waals surface area contributed by atoms with Crippen LogP contribution in [0.25, 0.3) is 10.8 Å². The summed E-state index contributed by atoms with van der Waals surface area (Å²) in [6.45, 7) is 0.271. The van der Waals surface area contributed by atoms with Crippen molar-refractivity contribution in [2.45, 2.75) is 43.7 Å². The highest BCUT2D eigenvalue weighted by molar-refractivity contribution is 5.95.